The molecule has 0 radical (unpaired) electrons. The summed E-state index contributed by atoms with van der Waals surface area (Å²) >= 11 is 0. The topological polar surface area (TPSA) is 105 Å². The number of phenols is 2. The van der Waals surface area contributed by atoms with Crippen molar-refractivity contribution in [3.05, 3.63) is 47.5 Å². The molecule has 2 aromatic carbocycles. The molecule has 0 fully saturated rings. The molecule has 0 spiro atoms. The van der Waals surface area contributed by atoms with Gasteiger partial charge >= 0.3 is 5.97 Å². The van der Waals surface area contributed by atoms with Crippen molar-refractivity contribution in [1.82, 2.24) is 0 Å². The molecule has 0 saturated carbocycles. The van der Waals surface area contributed by atoms with Gasteiger partial charge in [0.05, 0.1) is 12.8 Å². The van der Waals surface area contributed by atoms with Crippen LogP contribution in [0.5, 0.6) is 17.2 Å². The summed E-state index contributed by atoms with van der Waals surface area (Å²) in [5.74, 6) is -1.56. The molecule has 0 unspecified atom stereocenters. The summed E-state index contributed by atoms with van der Waals surface area (Å²) in [6, 6.07) is 8.72. The van der Waals surface area contributed by atoms with Crippen LogP contribution in [-0.4, -0.2) is 35.8 Å². The average Bonchev–Trinajstić information content (AvgIpc) is 2.53. The lowest BCUT2D eigenvalue weighted by Gasteiger charge is -2.11. The highest BCUT2D eigenvalue weighted by Crippen LogP contribution is 2.25. The highest BCUT2D eigenvalue weighted by Gasteiger charge is 2.15. The van der Waals surface area contributed by atoms with E-state index in [-0.39, 0.29) is 11.3 Å². The van der Waals surface area contributed by atoms with Crippen LogP contribution in [0.2, 0.25) is 0 Å². The first kappa shape index (κ1) is 17.1. The highest BCUT2D eigenvalue weighted by atomic mass is 16.5. The number of hydrogen-bond acceptors (Lipinski definition) is 6. The Balaban J connectivity index is 1.98. The van der Waals surface area contributed by atoms with Crippen molar-refractivity contribution >= 4 is 17.6 Å². The van der Waals surface area contributed by atoms with E-state index in [1.165, 1.54) is 19.2 Å². The Morgan fingerprint density at radius 2 is 1.88 bits per heavy atom. The largest absolute Gasteiger partial charge is 0.508 e. The number of methoxy groups -OCH3 is 1. The summed E-state index contributed by atoms with van der Waals surface area (Å²) < 4.78 is 10.00. The van der Waals surface area contributed by atoms with Crippen molar-refractivity contribution < 1.29 is 29.3 Å². The van der Waals surface area contributed by atoms with Crippen LogP contribution in [0.15, 0.2) is 36.4 Å². The summed E-state index contributed by atoms with van der Waals surface area (Å²) in [6.07, 6.45) is 0. The Hall–Kier alpha value is -3.22. The Labute approximate surface area is 138 Å². The standard InChI is InChI=1S/C17H17NO6/c1-10-3-6-15(23-2)13(7-10)18-16(21)9-24-17(22)12-5-4-11(19)8-14(12)20/h3-8,19-20H,9H2,1-2H3,(H,18,21). The molecular weight excluding hydrogens is 314 g/mol. The van der Waals surface area contributed by atoms with Crippen molar-refractivity contribution in [1.29, 1.82) is 0 Å². The maximum Gasteiger partial charge on any atom is 0.342 e. The highest BCUT2D eigenvalue weighted by molar-refractivity contribution is 5.97. The van der Waals surface area contributed by atoms with Crippen LogP contribution >= 0.6 is 0 Å². The predicted molar refractivity (Wildman–Crippen MR) is 86.4 cm³/mol. The molecule has 7 heteroatoms. The monoisotopic (exact) mass is 331 g/mol. The van der Waals surface area contributed by atoms with Gasteiger partial charge in [0.25, 0.3) is 5.91 Å². The van der Waals surface area contributed by atoms with E-state index >= 15 is 0 Å². The van der Waals surface area contributed by atoms with Crippen molar-refractivity contribution in [2.45, 2.75) is 6.92 Å². The number of amides is 1. The molecule has 3 N–H and O–H groups in total. The first-order valence-electron chi connectivity index (χ1n) is 7.04. The zero-order valence-electron chi connectivity index (χ0n) is 13.2. The zero-order valence-corrected chi connectivity index (χ0v) is 13.2. The fourth-order valence-electron chi connectivity index (χ4n) is 2.01. The third kappa shape index (κ3) is 4.16. The number of esters is 1. The van der Waals surface area contributed by atoms with Crippen molar-refractivity contribution in [3.8, 4) is 17.2 Å². The molecule has 0 bridgehead atoms. The molecule has 0 aliphatic rings. The Bertz CT molecular complexity index is 772. The Kier molecular flexibility index (Phi) is 5.26. The van der Waals surface area contributed by atoms with Gasteiger partial charge in [-0.2, -0.15) is 0 Å². The number of nitrogens with one attached hydrogen (secondary N) is 1. The number of rotatable bonds is 5. The number of carbonyl (C=O) groups excluding carboxylic acids is 2. The van der Waals surface area contributed by atoms with Crippen LogP contribution in [0.4, 0.5) is 5.69 Å². The Morgan fingerprint density at radius 1 is 1.12 bits per heavy atom. The van der Waals surface area contributed by atoms with E-state index in [4.69, 9.17) is 9.47 Å². The minimum absolute atomic E-state index is 0.145. The van der Waals surface area contributed by atoms with Crippen LogP contribution in [0.25, 0.3) is 0 Å². The lowest BCUT2D eigenvalue weighted by Crippen LogP contribution is -2.21. The second-order valence-corrected chi connectivity index (χ2v) is 5.03. The number of benzene rings is 2. The number of aromatic hydroxyl groups is 2. The first-order valence-corrected chi connectivity index (χ1v) is 7.04. The van der Waals surface area contributed by atoms with Crippen molar-refractivity contribution in [2.24, 2.45) is 0 Å². The summed E-state index contributed by atoms with van der Waals surface area (Å²) in [4.78, 5) is 23.8. The van der Waals surface area contributed by atoms with Gasteiger partial charge in [0.15, 0.2) is 6.61 Å². The molecule has 0 atom stereocenters. The number of carbonyl (C=O) groups is 2. The third-order valence-electron chi connectivity index (χ3n) is 3.16. The van der Waals surface area contributed by atoms with Gasteiger partial charge < -0.3 is 25.0 Å². The van der Waals surface area contributed by atoms with E-state index < -0.39 is 24.2 Å². The SMILES string of the molecule is COc1ccc(C)cc1NC(=O)COC(=O)c1ccc(O)cc1O. The molecule has 2 rings (SSSR count). The maximum atomic E-state index is 11.9. The minimum Gasteiger partial charge on any atom is -0.508 e. The zero-order chi connectivity index (χ0) is 17.7. The molecule has 24 heavy (non-hydrogen) atoms. The second kappa shape index (κ2) is 7.36. The molecule has 0 aliphatic heterocycles. The average molecular weight is 331 g/mol. The van der Waals surface area contributed by atoms with E-state index in [1.54, 1.807) is 12.1 Å². The van der Waals surface area contributed by atoms with Crippen LogP contribution < -0.4 is 10.1 Å². The van der Waals surface area contributed by atoms with Gasteiger partial charge in [0.2, 0.25) is 0 Å². The molecule has 7 nitrogen and oxygen atoms in total. The summed E-state index contributed by atoms with van der Waals surface area (Å²) in [6.45, 7) is 1.33. The number of anilines is 1. The lowest BCUT2D eigenvalue weighted by atomic mass is 10.2. The molecule has 2 aromatic rings. The lowest BCUT2D eigenvalue weighted by molar-refractivity contribution is -0.119. The summed E-state index contributed by atoms with van der Waals surface area (Å²) in [7, 11) is 1.48. The van der Waals surface area contributed by atoms with Crippen LogP contribution in [0.1, 0.15) is 15.9 Å². The number of hydrogen-bond donors (Lipinski definition) is 3. The second-order valence-electron chi connectivity index (χ2n) is 5.03. The van der Waals surface area contributed by atoms with Gasteiger partial charge in [-0.15, -0.1) is 0 Å². The summed E-state index contributed by atoms with van der Waals surface area (Å²) in [5, 5.41) is 21.4. The summed E-state index contributed by atoms with van der Waals surface area (Å²) in [5.41, 5.74) is 1.25. The quantitative estimate of drug-likeness (QED) is 0.726. The van der Waals surface area contributed by atoms with Crippen molar-refractivity contribution in [2.75, 3.05) is 19.0 Å². The van der Waals surface area contributed by atoms with Gasteiger partial charge in [-0.1, -0.05) is 6.07 Å². The van der Waals surface area contributed by atoms with Crippen LogP contribution in [-0.2, 0) is 9.53 Å². The molecule has 0 heterocycles. The van der Waals surface area contributed by atoms with E-state index in [9.17, 15) is 19.8 Å². The molecule has 1 amide bonds. The van der Waals surface area contributed by atoms with Gasteiger partial charge in [-0.05, 0) is 36.8 Å². The van der Waals surface area contributed by atoms with Gasteiger partial charge in [-0.3, -0.25) is 4.79 Å². The van der Waals surface area contributed by atoms with Crippen LogP contribution in [0, 0.1) is 6.92 Å². The smallest absolute Gasteiger partial charge is 0.342 e. The van der Waals surface area contributed by atoms with Gasteiger partial charge in [0.1, 0.15) is 22.8 Å². The first-order chi connectivity index (χ1) is 11.4. The minimum atomic E-state index is -0.876. The predicted octanol–water partition coefficient (Wildman–Crippen LogP) is 2.21. The maximum absolute atomic E-state index is 11.9. The van der Waals surface area contributed by atoms with Crippen molar-refractivity contribution in [3.63, 3.8) is 0 Å². The van der Waals surface area contributed by atoms with Crippen LogP contribution in [0.3, 0.4) is 0 Å². The van der Waals surface area contributed by atoms with E-state index in [0.717, 1.165) is 11.6 Å². The fraction of sp³-hybridized carbons (Fsp3) is 0.176. The molecule has 126 valence electrons. The Morgan fingerprint density at radius 3 is 2.54 bits per heavy atom. The van der Waals surface area contributed by atoms with E-state index in [2.05, 4.69) is 5.32 Å². The number of aryl methyl sites for hydroxylation is 1. The molecule has 0 aliphatic carbocycles. The van der Waals surface area contributed by atoms with E-state index in [0.29, 0.717) is 11.4 Å². The third-order valence-corrected chi connectivity index (χ3v) is 3.16. The molecular formula is C17H17NO6. The number of ether oxygens (including phenoxy) is 2. The molecule has 0 saturated heterocycles. The number of phenolic OH excluding ortho intramolecular Hbond substituents is 2. The van der Waals surface area contributed by atoms with Gasteiger partial charge in [0, 0.05) is 6.07 Å². The van der Waals surface area contributed by atoms with E-state index in [1.807, 2.05) is 13.0 Å². The molecule has 0 aromatic heterocycles. The normalized spacial score (nSPS) is 10.1. The fourth-order valence-corrected chi connectivity index (χ4v) is 2.01. The van der Waals surface area contributed by atoms with Gasteiger partial charge in [-0.25, -0.2) is 4.79 Å².